The minimum absolute atomic E-state index is 0.0226. The van der Waals surface area contributed by atoms with Crippen LogP contribution in [0.3, 0.4) is 0 Å². The zero-order chi connectivity index (χ0) is 27.9. The topological polar surface area (TPSA) is 113 Å². The van der Waals surface area contributed by atoms with Gasteiger partial charge < -0.3 is 20.3 Å². The minimum atomic E-state index is -3.83. The summed E-state index contributed by atoms with van der Waals surface area (Å²) in [5.74, 6) is -0.662. The van der Waals surface area contributed by atoms with Crippen molar-refractivity contribution in [3.63, 3.8) is 0 Å². The molecule has 2 amide bonds. The van der Waals surface area contributed by atoms with Gasteiger partial charge in [0.15, 0.2) is 0 Å². The maximum absolute atomic E-state index is 13.3. The Morgan fingerprint density at radius 3 is 2.34 bits per heavy atom. The molecule has 0 fully saturated rings. The molecule has 3 rings (SSSR count). The zero-order valence-corrected chi connectivity index (χ0v) is 23.2. The molecule has 11 heteroatoms. The second-order valence-electron chi connectivity index (χ2n) is 8.68. The summed E-state index contributed by atoms with van der Waals surface area (Å²) < 4.78 is 33.5. The van der Waals surface area contributed by atoms with E-state index in [1.807, 2.05) is 13.8 Å². The highest BCUT2D eigenvalue weighted by atomic mass is 32.2. The molecule has 0 aliphatic rings. The molecule has 0 aliphatic carbocycles. The van der Waals surface area contributed by atoms with Crippen LogP contribution in [0.4, 0.5) is 0 Å². The number of fused-ring (bicyclic) bond motifs is 1. The van der Waals surface area contributed by atoms with Crippen LogP contribution in [0.25, 0.3) is 17.0 Å². The van der Waals surface area contributed by atoms with Crippen molar-refractivity contribution in [1.82, 2.24) is 23.8 Å². The highest BCUT2D eigenvalue weighted by molar-refractivity contribution is 7.87. The minimum Gasteiger partial charge on any atom is -0.496 e. The number of hydrogen-bond donors (Lipinski definition) is 2. The number of nitrogens with one attached hydrogen (secondary N) is 2. The molecule has 0 unspecified atom stereocenters. The normalized spacial score (nSPS) is 12.2. The molecule has 0 radical (unpaired) electrons. The largest absolute Gasteiger partial charge is 0.496 e. The number of methoxy groups -OCH3 is 1. The Kier molecular flexibility index (Phi) is 9.67. The van der Waals surface area contributed by atoms with Gasteiger partial charge in [-0.25, -0.2) is 3.97 Å². The summed E-state index contributed by atoms with van der Waals surface area (Å²) in [6.07, 6.45) is 2.93. The molecule has 204 valence electrons. The predicted molar refractivity (Wildman–Crippen MR) is 149 cm³/mol. The van der Waals surface area contributed by atoms with E-state index in [2.05, 4.69) is 15.5 Å². The molecular formula is C27H35N5O5S. The molecule has 0 spiro atoms. The maximum Gasteiger partial charge on any atom is 0.307 e. The van der Waals surface area contributed by atoms with Gasteiger partial charge in [-0.1, -0.05) is 44.2 Å². The quantitative estimate of drug-likeness (QED) is 0.341. The number of benzene rings is 2. The van der Waals surface area contributed by atoms with E-state index in [0.29, 0.717) is 35.3 Å². The number of rotatable bonds is 12. The number of nitrogens with zero attached hydrogens (tertiary/aromatic N) is 3. The maximum atomic E-state index is 13.3. The molecule has 0 bridgehead atoms. The van der Waals surface area contributed by atoms with E-state index in [4.69, 9.17) is 4.74 Å². The molecule has 3 aromatic rings. The number of ether oxygens (including phenoxy) is 1. The summed E-state index contributed by atoms with van der Waals surface area (Å²) in [4.78, 5) is 28.7. The van der Waals surface area contributed by atoms with Gasteiger partial charge in [0, 0.05) is 44.3 Å². The highest BCUT2D eigenvalue weighted by Crippen LogP contribution is 2.26. The van der Waals surface area contributed by atoms with Crippen LogP contribution in [0.2, 0.25) is 0 Å². The van der Waals surface area contributed by atoms with E-state index in [9.17, 15) is 18.0 Å². The molecule has 38 heavy (non-hydrogen) atoms. The third kappa shape index (κ3) is 6.42. The van der Waals surface area contributed by atoms with E-state index in [-0.39, 0.29) is 11.3 Å². The molecule has 0 aliphatic heterocycles. The van der Waals surface area contributed by atoms with E-state index in [1.54, 1.807) is 48.5 Å². The number of amides is 2. The summed E-state index contributed by atoms with van der Waals surface area (Å²) in [5, 5.41) is 6.18. The molecule has 2 aromatic carbocycles. The van der Waals surface area contributed by atoms with Crippen molar-refractivity contribution in [2.75, 3.05) is 47.4 Å². The van der Waals surface area contributed by atoms with Crippen LogP contribution in [-0.2, 0) is 15.0 Å². The van der Waals surface area contributed by atoms with E-state index >= 15 is 0 Å². The van der Waals surface area contributed by atoms with Crippen LogP contribution in [0.1, 0.15) is 29.8 Å². The molecule has 10 nitrogen and oxygen atoms in total. The Hall–Kier alpha value is -3.67. The molecular weight excluding hydrogens is 506 g/mol. The Bertz CT molecular complexity index is 1420. The van der Waals surface area contributed by atoms with Crippen molar-refractivity contribution in [3.8, 4) is 5.75 Å². The monoisotopic (exact) mass is 541 g/mol. The molecule has 0 saturated carbocycles. The third-order valence-corrected chi connectivity index (χ3v) is 7.89. The molecule has 0 atom stereocenters. The first-order valence-corrected chi connectivity index (χ1v) is 13.7. The fourth-order valence-electron chi connectivity index (χ4n) is 3.96. The number of aromatic nitrogens is 1. The molecule has 1 aromatic heterocycles. The predicted octanol–water partition coefficient (Wildman–Crippen LogP) is 2.53. The average Bonchev–Trinajstić information content (AvgIpc) is 3.29. The smallest absolute Gasteiger partial charge is 0.307 e. The lowest BCUT2D eigenvalue weighted by molar-refractivity contribution is -0.117. The summed E-state index contributed by atoms with van der Waals surface area (Å²) >= 11 is 0. The van der Waals surface area contributed by atoms with Gasteiger partial charge in [0.1, 0.15) is 11.4 Å². The van der Waals surface area contributed by atoms with Crippen LogP contribution in [-0.4, -0.2) is 80.8 Å². The van der Waals surface area contributed by atoms with Gasteiger partial charge in [-0.3, -0.25) is 9.59 Å². The van der Waals surface area contributed by atoms with Gasteiger partial charge in [0.2, 0.25) is 0 Å². The first-order chi connectivity index (χ1) is 18.1. The Morgan fingerprint density at radius 1 is 1.03 bits per heavy atom. The first kappa shape index (κ1) is 28.9. The summed E-state index contributed by atoms with van der Waals surface area (Å²) in [6, 6.07) is 13.7. The SMILES string of the molecule is CCN(CC)CCNC(=O)C(=Cc1cn(S(=O)(=O)N(C)C)c2ccccc12)NC(=O)c1ccccc1OC. The third-order valence-electron chi connectivity index (χ3n) is 6.17. The van der Waals surface area contributed by atoms with Gasteiger partial charge >= 0.3 is 10.2 Å². The van der Waals surface area contributed by atoms with Gasteiger partial charge in [-0.15, -0.1) is 0 Å². The lowest BCUT2D eigenvalue weighted by atomic mass is 10.1. The van der Waals surface area contributed by atoms with Gasteiger partial charge in [0.05, 0.1) is 18.2 Å². The van der Waals surface area contributed by atoms with Gasteiger partial charge in [0.25, 0.3) is 11.8 Å². The van der Waals surface area contributed by atoms with Gasteiger partial charge in [-0.2, -0.15) is 12.7 Å². The second-order valence-corrected chi connectivity index (χ2v) is 10.7. The number of hydrogen-bond acceptors (Lipinski definition) is 6. The molecule has 2 N–H and O–H groups in total. The Balaban J connectivity index is 2.05. The second kappa shape index (κ2) is 12.7. The van der Waals surface area contributed by atoms with E-state index < -0.39 is 22.0 Å². The highest BCUT2D eigenvalue weighted by Gasteiger charge is 2.22. The summed E-state index contributed by atoms with van der Waals surface area (Å²) in [5.41, 5.74) is 1.14. The van der Waals surface area contributed by atoms with E-state index in [1.165, 1.54) is 33.5 Å². The van der Waals surface area contributed by atoms with Crippen LogP contribution in [0, 0.1) is 0 Å². The van der Waals surface area contributed by atoms with E-state index in [0.717, 1.165) is 21.4 Å². The van der Waals surface area contributed by atoms with Crippen LogP contribution in [0.5, 0.6) is 5.75 Å². The van der Waals surface area contributed by atoms with Crippen molar-refractivity contribution in [2.45, 2.75) is 13.8 Å². The summed E-state index contributed by atoms with van der Waals surface area (Å²) in [7, 11) is 0.521. The summed E-state index contributed by atoms with van der Waals surface area (Å²) in [6.45, 7) is 6.80. The lowest BCUT2D eigenvalue weighted by Gasteiger charge is -2.18. The zero-order valence-electron chi connectivity index (χ0n) is 22.4. The van der Waals surface area contributed by atoms with Crippen LogP contribution >= 0.6 is 0 Å². The van der Waals surface area contributed by atoms with Crippen molar-refractivity contribution in [2.24, 2.45) is 0 Å². The van der Waals surface area contributed by atoms with Crippen molar-refractivity contribution in [3.05, 3.63) is 71.6 Å². The molecule has 0 saturated heterocycles. The van der Waals surface area contributed by atoms with Crippen LogP contribution < -0.4 is 15.4 Å². The van der Waals surface area contributed by atoms with Gasteiger partial charge in [-0.05, 0) is 37.4 Å². The number of carbonyl (C=O) groups is 2. The Morgan fingerprint density at radius 2 is 1.68 bits per heavy atom. The lowest BCUT2D eigenvalue weighted by Crippen LogP contribution is -2.39. The van der Waals surface area contributed by atoms with Crippen LogP contribution in [0.15, 0.2) is 60.4 Å². The van der Waals surface area contributed by atoms with Crippen molar-refractivity contribution >= 4 is 39.0 Å². The Labute approximate surface area is 224 Å². The number of carbonyl (C=O) groups excluding carboxylic acids is 2. The fourth-order valence-corrected chi connectivity index (χ4v) is 4.96. The number of likely N-dealkylation sites (N-methyl/N-ethyl adjacent to an activating group) is 1. The number of para-hydroxylation sites is 2. The average molecular weight is 542 g/mol. The fraction of sp³-hybridized carbons (Fsp3) is 0.333. The standard InChI is InChI=1S/C27H35N5O5S/c1-6-31(7-2)17-16-28-27(34)23(29-26(33)22-13-9-11-15-25(22)37-5)18-20-19-32(38(35,36)30(3)4)24-14-10-8-12-21(20)24/h8-15,18-19H,6-7,16-17H2,1-5H3,(H,28,34)(H,29,33). The molecule has 1 heterocycles. The van der Waals surface area contributed by atoms with Crippen molar-refractivity contribution in [1.29, 1.82) is 0 Å². The first-order valence-electron chi connectivity index (χ1n) is 12.3. The van der Waals surface area contributed by atoms with Crippen molar-refractivity contribution < 1.29 is 22.7 Å².